The van der Waals surface area contributed by atoms with Gasteiger partial charge in [-0.1, -0.05) is 230 Å². The van der Waals surface area contributed by atoms with Crippen molar-refractivity contribution in [2.24, 2.45) is 0 Å². The van der Waals surface area contributed by atoms with Gasteiger partial charge >= 0.3 is 6.85 Å². The molecule has 0 saturated carbocycles. The molecule has 0 amide bonds. The molecule has 3 heterocycles. The molecule has 2 aromatic heterocycles. The highest BCUT2D eigenvalue weighted by molar-refractivity contribution is 7.19. The van der Waals surface area contributed by atoms with Crippen LogP contribution >= 0.6 is 0 Å². The number of aromatic nitrogens is 2. The van der Waals surface area contributed by atoms with Gasteiger partial charge in [0.05, 0.1) is 16.7 Å². The highest BCUT2D eigenvalue weighted by Crippen LogP contribution is 2.42. The van der Waals surface area contributed by atoms with Crippen molar-refractivity contribution < 1.29 is 0 Å². The average Bonchev–Trinajstić information content (AvgIpc) is 3.72. The lowest BCUT2D eigenvalue weighted by Gasteiger charge is -2.39. The number of nitrogens with zero attached hydrogens (tertiary/aromatic N) is 3. The minimum atomic E-state index is -2.83. The quantitative estimate of drug-likeness (QED) is 0.112. The molecule has 0 N–H and O–H groups in total. The summed E-state index contributed by atoms with van der Waals surface area (Å²) in [4.78, 5) is 8.28. The summed E-state index contributed by atoms with van der Waals surface area (Å²) in [6.45, 7) is -0.0887. The minimum Gasteiger partial charge on any atom is -0.376 e. The fourth-order valence-corrected chi connectivity index (χ4v) is 15.3. The number of benzene rings is 9. The Morgan fingerprint density at radius 2 is 0.891 bits per heavy atom. The van der Waals surface area contributed by atoms with Gasteiger partial charge in [0, 0.05) is 39.3 Å². The first-order valence-electron chi connectivity index (χ1n) is 22.1. The van der Waals surface area contributed by atoms with Gasteiger partial charge in [0.1, 0.15) is 5.82 Å². The van der Waals surface area contributed by atoms with Crippen LogP contribution in [-0.4, -0.2) is 24.5 Å². The molecule has 9 aromatic carbocycles. The first-order valence-corrected chi connectivity index (χ1v) is 24.1. The molecule has 0 atom stereocenters. The fraction of sp³-hybridized carbons (Fsp3) is 0. The lowest BCUT2D eigenvalue weighted by atomic mass is 9.46. The van der Waals surface area contributed by atoms with E-state index in [1.165, 1.54) is 53.6 Å². The Hall–Kier alpha value is -7.99. The Morgan fingerprint density at radius 1 is 0.391 bits per heavy atom. The Kier molecular flexibility index (Phi) is 9.28. The van der Waals surface area contributed by atoms with Crippen LogP contribution in [0.5, 0.6) is 0 Å². The van der Waals surface area contributed by atoms with Gasteiger partial charge in [0.25, 0.3) is 0 Å². The van der Waals surface area contributed by atoms with Crippen molar-refractivity contribution in [3.8, 4) is 28.2 Å². The van der Waals surface area contributed by atoms with E-state index in [0.29, 0.717) is 0 Å². The van der Waals surface area contributed by atoms with Crippen molar-refractivity contribution >= 4 is 79.8 Å². The van der Waals surface area contributed by atoms with E-state index >= 15 is 0 Å². The molecule has 0 bridgehead atoms. The van der Waals surface area contributed by atoms with E-state index in [4.69, 9.17) is 4.98 Å². The fourth-order valence-electron chi connectivity index (χ4n) is 10.5. The number of hydrogen-bond acceptors (Lipinski definition) is 2. The third-order valence-corrected chi connectivity index (χ3v) is 18.0. The van der Waals surface area contributed by atoms with Crippen molar-refractivity contribution in [2.75, 3.05) is 4.81 Å². The Morgan fingerprint density at radius 3 is 1.52 bits per heavy atom. The minimum absolute atomic E-state index is 0.0887. The highest BCUT2D eigenvalue weighted by atomic mass is 28.3. The zero-order valence-corrected chi connectivity index (χ0v) is 36.2. The molecule has 0 radical (unpaired) electrons. The van der Waals surface area contributed by atoms with Crippen molar-refractivity contribution in [2.45, 2.75) is 0 Å². The maximum absolute atomic E-state index is 5.73. The molecular formula is C59H42BN3Si. The van der Waals surface area contributed by atoms with Gasteiger partial charge in [0.15, 0.2) is 8.07 Å². The SMILES string of the molecule is c1ccc(B2c3ccccc3-c3ccccc3N2c2cc(-c3cccc([Si](c4ccccc4)(c4ccccc4)c4ccccc4)c3)nc(-n3c4ccccc4c4ccccc43)c2)cc1. The zero-order chi connectivity index (χ0) is 42.5. The molecule has 0 aliphatic carbocycles. The van der Waals surface area contributed by atoms with E-state index in [2.05, 4.69) is 264 Å². The summed E-state index contributed by atoms with van der Waals surface area (Å²) in [5.41, 5.74) is 11.5. The van der Waals surface area contributed by atoms with Crippen LogP contribution in [0.4, 0.5) is 11.4 Å². The topological polar surface area (TPSA) is 21.1 Å². The van der Waals surface area contributed by atoms with E-state index in [1.54, 1.807) is 0 Å². The van der Waals surface area contributed by atoms with Crippen LogP contribution < -0.4 is 36.5 Å². The van der Waals surface area contributed by atoms with Crippen LogP contribution in [0.2, 0.25) is 0 Å². The van der Waals surface area contributed by atoms with E-state index < -0.39 is 8.07 Å². The molecule has 300 valence electrons. The van der Waals surface area contributed by atoms with Gasteiger partial charge in [0.2, 0.25) is 0 Å². The third-order valence-electron chi connectivity index (χ3n) is 13.2. The molecule has 0 fully saturated rings. The molecule has 3 nitrogen and oxygen atoms in total. The first kappa shape index (κ1) is 37.7. The predicted octanol–water partition coefficient (Wildman–Crippen LogP) is 10.1. The van der Waals surface area contributed by atoms with Crippen LogP contribution in [0, 0.1) is 0 Å². The molecule has 11 aromatic rings. The monoisotopic (exact) mass is 831 g/mol. The van der Waals surface area contributed by atoms with Crippen LogP contribution in [0.15, 0.2) is 255 Å². The number of fused-ring (bicyclic) bond motifs is 6. The van der Waals surface area contributed by atoms with Crippen molar-refractivity contribution in [3.63, 3.8) is 0 Å². The first-order chi connectivity index (χ1) is 31.8. The van der Waals surface area contributed by atoms with Gasteiger partial charge in [-0.05, 0) is 56.0 Å². The second-order valence-electron chi connectivity index (χ2n) is 16.7. The van der Waals surface area contributed by atoms with Gasteiger partial charge in [-0.25, -0.2) is 4.98 Å². The summed E-state index contributed by atoms with van der Waals surface area (Å²) in [7, 11) is -2.83. The van der Waals surface area contributed by atoms with Gasteiger partial charge < -0.3 is 4.81 Å². The van der Waals surface area contributed by atoms with Crippen molar-refractivity contribution in [1.82, 2.24) is 9.55 Å². The van der Waals surface area contributed by atoms with Gasteiger partial charge in [-0.2, -0.15) is 0 Å². The lowest BCUT2D eigenvalue weighted by Crippen LogP contribution is -2.74. The Balaban J connectivity index is 1.16. The summed E-state index contributed by atoms with van der Waals surface area (Å²) in [5.74, 6) is 0.871. The molecule has 0 saturated heterocycles. The van der Waals surface area contributed by atoms with Crippen LogP contribution in [-0.2, 0) is 0 Å². The number of rotatable bonds is 8. The molecule has 1 aliphatic rings. The molecule has 64 heavy (non-hydrogen) atoms. The third kappa shape index (κ3) is 6.08. The van der Waals surface area contributed by atoms with Crippen molar-refractivity contribution in [3.05, 3.63) is 255 Å². The van der Waals surface area contributed by atoms with Gasteiger partial charge in [-0.3, -0.25) is 4.57 Å². The molecule has 0 unspecified atom stereocenters. The summed E-state index contributed by atoms with van der Waals surface area (Å²) >= 11 is 0. The smallest absolute Gasteiger partial charge is 0.328 e. The van der Waals surface area contributed by atoms with Crippen LogP contribution in [0.25, 0.3) is 50.0 Å². The Labute approximate surface area is 375 Å². The second-order valence-corrected chi connectivity index (χ2v) is 20.5. The van der Waals surface area contributed by atoms with E-state index in [0.717, 1.165) is 39.5 Å². The normalized spacial score (nSPS) is 12.3. The summed E-state index contributed by atoms with van der Waals surface area (Å²) < 4.78 is 2.36. The number of hydrogen-bond donors (Lipinski definition) is 0. The highest BCUT2D eigenvalue weighted by Gasteiger charge is 2.42. The van der Waals surface area contributed by atoms with Gasteiger partial charge in [-0.15, -0.1) is 0 Å². The molecule has 5 heteroatoms. The summed E-state index contributed by atoms with van der Waals surface area (Å²) in [6.07, 6.45) is 0. The summed E-state index contributed by atoms with van der Waals surface area (Å²) in [5, 5.41) is 7.73. The average molecular weight is 832 g/mol. The van der Waals surface area contributed by atoms with Crippen LogP contribution in [0.3, 0.4) is 0 Å². The molecule has 0 spiro atoms. The zero-order valence-electron chi connectivity index (χ0n) is 35.2. The molecular weight excluding hydrogens is 790 g/mol. The van der Waals surface area contributed by atoms with Crippen LogP contribution in [0.1, 0.15) is 0 Å². The number of pyridine rings is 1. The van der Waals surface area contributed by atoms with E-state index in [1.807, 2.05) is 0 Å². The maximum Gasteiger partial charge on any atom is 0.328 e. The van der Waals surface area contributed by atoms with E-state index in [9.17, 15) is 0 Å². The predicted molar refractivity (Wildman–Crippen MR) is 273 cm³/mol. The second kappa shape index (κ2) is 15.7. The largest absolute Gasteiger partial charge is 0.376 e. The molecule has 12 rings (SSSR count). The van der Waals surface area contributed by atoms with E-state index in [-0.39, 0.29) is 6.85 Å². The number of anilines is 2. The maximum atomic E-state index is 5.73. The standard InChI is InChI=1S/C59H42BN3Si/c1-5-23-44(24-6-1)60-54-36-17-13-32-50(54)51-33-16-20-39-58(51)63(60)45-41-55(61-59(42-45)62-56-37-18-14-34-52(56)53-35-15-19-38-57(53)62)43-22-21-31-49(40-43)64(46-25-7-2-8-26-46,47-27-9-3-10-28-47)48-29-11-4-12-30-48/h1-42H. The number of para-hydroxylation sites is 3. The summed E-state index contributed by atoms with van der Waals surface area (Å²) in [6, 6.07) is 93.6. The molecule has 1 aliphatic heterocycles. The Bertz CT molecular complexity index is 3310. The van der Waals surface area contributed by atoms with Crippen molar-refractivity contribution in [1.29, 1.82) is 0 Å². The lowest BCUT2D eigenvalue weighted by molar-refractivity contribution is 1.08.